The monoisotopic (exact) mass is 249 g/mol. The first-order valence-corrected chi connectivity index (χ1v) is 6.87. The van der Waals surface area contributed by atoms with Crippen LogP contribution in [0.4, 0.5) is 0 Å². The standard InChI is InChI=1S/C14H23N3O/c1-9(2)16-13-7-11(8-15-13)14(18)17-12-5-4-10(3)6-12/h7,9-10,12H,4-6,8H2,1-3H3,(H,15,16)(H,17,18)/t10-,12?/m0/s1. The van der Waals surface area contributed by atoms with Gasteiger partial charge in [0.1, 0.15) is 5.84 Å². The Morgan fingerprint density at radius 1 is 1.44 bits per heavy atom. The Hall–Kier alpha value is -1.32. The zero-order valence-corrected chi connectivity index (χ0v) is 11.5. The third kappa shape index (κ3) is 3.34. The third-order valence-corrected chi connectivity index (χ3v) is 3.49. The zero-order valence-electron chi connectivity index (χ0n) is 11.5. The minimum absolute atomic E-state index is 0.0541. The summed E-state index contributed by atoms with van der Waals surface area (Å²) in [4.78, 5) is 16.4. The molecule has 1 aliphatic heterocycles. The smallest absolute Gasteiger partial charge is 0.249 e. The number of aliphatic imine (C=N–C) groups is 1. The molecule has 1 heterocycles. The molecule has 0 bridgehead atoms. The normalized spacial score (nSPS) is 27.1. The highest BCUT2D eigenvalue weighted by Gasteiger charge is 2.24. The van der Waals surface area contributed by atoms with Gasteiger partial charge in [-0.05, 0) is 45.1 Å². The van der Waals surface area contributed by atoms with Crippen LogP contribution in [-0.4, -0.2) is 30.4 Å². The van der Waals surface area contributed by atoms with Crippen molar-refractivity contribution in [1.29, 1.82) is 0 Å². The van der Waals surface area contributed by atoms with Crippen molar-refractivity contribution in [3.8, 4) is 0 Å². The van der Waals surface area contributed by atoms with Gasteiger partial charge in [-0.3, -0.25) is 9.79 Å². The van der Waals surface area contributed by atoms with E-state index < -0.39 is 0 Å². The second-order valence-corrected chi connectivity index (χ2v) is 5.76. The maximum absolute atomic E-state index is 12.1. The van der Waals surface area contributed by atoms with Crippen molar-refractivity contribution in [2.75, 3.05) is 6.54 Å². The quantitative estimate of drug-likeness (QED) is 0.798. The molecule has 2 atom stereocenters. The fourth-order valence-corrected chi connectivity index (χ4v) is 2.56. The molecule has 1 unspecified atom stereocenters. The van der Waals surface area contributed by atoms with Crippen molar-refractivity contribution >= 4 is 11.7 Å². The highest BCUT2D eigenvalue weighted by molar-refractivity contribution is 6.06. The topological polar surface area (TPSA) is 53.5 Å². The minimum atomic E-state index is 0.0541. The fourth-order valence-electron chi connectivity index (χ4n) is 2.56. The molecule has 1 aliphatic carbocycles. The fraction of sp³-hybridized carbons (Fsp3) is 0.714. The summed E-state index contributed by atoms with van der Waals surface area (Å²) in [7, 11) is 0. The van der Waals surface area contributed by atoms with Crippen LogP contribution in [0, 0.1) is 5.92 Å². The van der Waals surface area contributed by atoms with Crippen molar-refractivity contribution in [3.05, 3.63) is 11.6 Å². The molecule has 2 N–H and O–H groups in total. The second kappa shape index (κ2) is 5.55. The molecule has 100 valence electrons. The first-order chi connectivity index (χ1) is 8.54. The van der Waals surface area contributed by atoms with Gasteiger partial charge in [0, 0.05) is 17.7 Å². The summed E-state index contributed by atoms with van der Waals surface area (Å²) < 4.78 is 0. The summed E-state index contributed by atoms with van der Waals surface area (Å²) >= 11 is 0. The number of carbonyl (C=O) groups is 1. The molecule has 4 heteroatoms. The summed E-state index contributed by atoms with van der Waals surface area (Å²) in [6, 6.07) is 0.702. The van der Waals surface area contributed by atoms with Crippen LogP contribution >= 0.6 is 0 Å². The first-order valence-electron chi connectivity index (χ1n) is 6.87. The van der Waals surface area contributed by atoms with E-state index in [0.29, 0.717) is 18.6 Å². The van der Waals surface area contributed by atoms with Gasteiger partial charge < -0.3 is 10.6 Å². The molecular formula is C14H23N3O. The molecule has 0 aromatic rings. The van der Waals surface area contributed by atoms with Gasteiger partial charge >= 0.3 is 0 Å². The Morgan fingerprint density at radius 2 is 2.22 bits per heavy atom. The van der Waals surface area contributed by atoms with Crippen LogP contribution in [0.1, 0.15) is 40.0 Å². The van der Waals surface area contributed by atoms with Crippen LogP contribution < -0.4 is 10.6 Å². The van der Waals surface area contributed by atoms with Crippen LogP contribution in [-0.2, 0) is 4.79 Å². The van der Waals surface area contributed by atoms with Gasteiger partial charge in [-0.25, -0.2) is 0 Å². The number of nitrogens with zero attached hydrogens (tertiary/aromatic N) is 1. The van der Waals surface area contributed by atoms with Crippen LogP contribution in [0.2, 0.25) is 0 Å². The van der Waals surface area contributed by atoms with E-state index in [1.807, 2.05) is 6.08 Å². The van der Waals surface area contributed by atoms with E-state index in [4.69, 9.17) is 0 Å². The summed E-state index contributed by atoms with van der Waals surface area (Å²) in [5.74, 6) is 1.62. The van der Waals surface area contributed by atoms with E-state index in [-0.39, 0.29) is 5.91 Å². The maximum atomic E-state index is 12.1. The largest absolute Gasteiger partial charge is 0.368 e. The molecule has 0 aromatic carbocycles. The molecule has 2 rings (SSSR count). The Morgan fingerprint density at radius 3 is 2.83 bits per heavy atom. The van der Waals surface area contributed by atoms with Gasteiger partial charge in [-0.2, -0.15) is 0 Å². The Kier molecular flexibility index (Phi) is 4.04. The van der Waals surface area contributed by atoms with E-state index in [2.05, 4.69) is 36.4 Å². The lowest BCUT2D eigenvalue weighted by molar-refractivity contribution is -0.118. The molecule has 1 amide bonds. The van der Waals surface area contributed by atoms with Gasteiger partial charge in [0.2, 0.25) is 5.91 Å². The molecule has 1 saturated carbocycles. The molecule has 18 heavy (non-hydrogen) atoms. The number of nitrogens with one attached hydrogen (secondary N) is 2. The van der Waals surface area contributed by atoms with Gasteiger partial charge in [0.15, 0.2) is 0 Å². The minimum Gasteiger partial charge on any atom is -0.368 e. The van der Waals surface area contributed by atoms with Crippen molar-refractivity contribution in [2.24, 2.45) is 10.9 Å². The Balaban J connectivity index is 1.84. The highest BCUT2D eigenvalue weighted by Crippen LogP contribution is 2.24. The predicted octanol–water partition coefficient (Wildman–Crippen LogP) is 1.63. The average molecular weight is 249 g/mol. The van der Waals surface area contributed by atoms with Crippen LogP contribution in [0.5, 0.6) is 0 Å². The highest BCUT2D eigenvalue weighted by atomic mass is 16.1. The van der Waals surface area contributed by atoms with E-state index in [0.717, 1.165) is 30.2 Å². The lowest BCUT2D eigenvalue weighted by Gasteiger charge is -2.12. The lowest BCUT2D eigenvalue weighted by Crippen LogP contribution is -2.34. The first kappa shape index (κ1) is 13.1. The number of carbonyl (C=O) groups excluding carboxylic acids is 1. The molecular weight excluding hydrogens is 226 g/mol. The van der Waals surface area contributed by atoms with Gasteiger partial charge in [-0.1, -0.05) is 6.92 Å². The Bertz CT molecular complexity index is 385. The maximum Gasteiger partial charge on any atom is 0.249 e. The molecule has 0 saturated heterocycles. The van der Waals surface area contributed by atoms with E-state index in [1.165, 1.54) is 6.42 Å². The van der Waals surface area contributed by atoms with Crippen LogP contribution in [0.25, 0.3) is 0 Å². The average Bonchev–Trinajstić information content (AvgIpc) is 2.87. The van der Waals surface area contributed by atoms with Gasteiger partial charge in [0.25, 0.3) is 0 Å². The number of amidine groups is 1. The predicted molar refractivity (Wildman–Crippen MR) is 73.6 cm³/mol. The molecule has 0 aromatic heterocycles. The Labute approximate surface area is 109 Å². The lowest BCUT2D eigenvalue weighted by atomic mass is 10.1. The van der Waals surface area contributed by atoms with Crippen molar-refractivity contribution in [3.63, 3.8) is 0 Å². The molecule has 1 fully saturated rings. The summed E-state index contributed by atoms with van der Waals surface area (Å²) in [6.07, 6.45) is 5.31. The van der Waals surface area contributed by atoms with Crippen molar-refractivity contribution in [1.82, 2.24) is 10.6 Å². The van der Waals surface area contributed by atoms with Crippen molar-refractivity contribution < 1.29 is 4.79 Å². The molecule has 0 spiro atoms. The van der Waals surface area contributed by atoms with Crippen LogP contribution in [0.3, 0.4) is 0 Å². The SMILES string of the molecule is CC(C)NC1=NCC(C(=O)NC2CC[C@H](C)C2)=C1. The van der Waals surface area contributed by atoms with Gasteiger partial charge in [-0.15, -0.1) is 0 Å². The molecule has 2 aliphatic rings. The molecule has 4 nitrogen and oxygen atoms in total. The van der Waals surface area contributed by atoms with E-state index in [1.54, 1.807) is 0 Å². The van der Waals surface area contributed by atoms with E-state index >= 15 is 0 Å². The van der Waals surface area contributed by atoms with Crippen LogP contribution in [0.15, 0.2) is 16.6 Å². The number of hydrogen-bond acceptors (Lipinski definition) is 3. The molecule has 0 radical (unpaired) electrons. The zero-order chi connectivity index (χ0) is 13.1. The summed E-state index contributed by atoms with van der Waals surface area (Å²) in [6.45, 7) is 6.88. The van der Waals surface area contributed by atoms with Gasteiger partial charge in [0.05, 0.1) is 6.54 Å². The number of amides is 1. The summed E-state index contributed by atoms with van der Waals surface area (Å²) in [5, 5.41) is 6.34. The number of hydrogen-bond donors (Lipinski definition) is 2. The summed E-state index contributed by atoms with van der Waals surface area (Å²) in [5.41, 5.74) is 0.776. The van der Waals surface area contributed by atoms with Crippen molar-refractivity contribution in [2.45, 2.75) is 52.1 Å². The van der Waals surface area contributed by atoms with E-state index in [9.17, 15) is 4.79 Å². The third-order valence-electron chi connectivity index (χ3n) is 3.49. The second-order valence-electron chi connectivity index (χ2n) is 5.76. The number of rotatable bonds is 3.